The van der Waals surface area contributed by atoms with Gasteiger partial charge in [0, 0.05) is 45.4 Å². The van der Waals surface area contributed by atoms with Crippen molar-refractivity contribution in [3.8, 4) is 16.9 Å². The highest BCUT2D eigenvalue weighted by Gasteiger charge is 2.30. The molecule has 0 fully saturated rings. The molecule has 0 amide bonds. The minimum Gasteiger partial charge on any atom is -0.321 e. The SMILES string of the molecule is CC(C)(C)c1cc(-c2ccccc2)cc(N2CN(c3cccc(N(c4ccccc4)c4ccc5c6ccc([Si](C)(C)C)cc6n(-c6cc(C(C)(C)C)ccn6)c5c4)c3)c3ccccc32)c1. The fourth-order valence-electron chi connectivity index (χ4n) is 9.34. The average molecular weight is 866 g/mol. The van der Waals surface area contributed by atoms with Gasteiger partial charge >= 0.3 is 0 Å². The van der Waals surface area contributed by atoms with Gasteiger partial charge < -0.3 is 14.7 Å². The second-order valence-electron chi connectivity index (χ2n) is 20.7. The Bertz CT molecular complexity index is 3200. The van der Waals surface area contributed by atoms with Crippen molar-refractivity contribution in [3.63, 3.8) is 0 Å². The summed E-state index contributed by atoms with van der Waals surface area (Å²) in [6, 6.07) is 65.1. The smallest absolute Gasteiger partial charge is 0.137 e. The lowest BCUT2D eigenvalue weighted by Crippen LogP contribution is -2.37. The summed E-state index contributed by atoms with van der Waals surface area (Å²) in [7, 11) is -1.62. The van der Waals surface area contributed by atoms with Crippen LogP contribution in [0, 0.1) is 0 Å². The quantitative estimate of drug-likeness (QED) is 0.142. The standard InChI is InChI=1S/C59H59N5Si/c1-58(2,3)43-31-32-60-57(36-43)64-55-38-48(27-29-51(55)52-30-28-50(39-56(52)64)65(7,8)9)63(45-21-14-11-15-22-45)47-24-18-23-46(37-47)61-40-62(54-26-17-16-25-53(54)61)49-34-42(41-19-12-10-13-20-41)33-44(35-49)59(4,5)6/h10-39H,40H2,1-9H3. The molecule has 0 saturated carbocycles. The lowest BCUT2D eigenvalue weighted by molar-refractivity contribution is 0.588. The molecular formula is C59H59N5Si. The number of pyridine rings is 1. The molecule has 0 atom stereocenters. The minimum absolute atomic E-state index is 0.0189. The first kappa shape index (κ1) is 42.1. The van der Waals surface area contributed by atoms with Crippen LogP contribution >= 0.6 is 0 Å². The number of para-hydroxylation sites is 3. The van der Waals surface area contributed by atoms with Gasteiger partial charge in [0.1, 0.15) is 12.5 Å². The van der Waals surface area contributed by atoms with E-state index >= 15 is 0 Å². The van der Waals surface area contributed by atoms with Gasteiger partial charge in [-0.2, -0.15) is 0 Å². The predicted octanol–water partition coefficient (Wildman–Crippen LogP) is 15.7. The Balaban J connectivity index is 1.11. The van der Waals surface area contributed by atoms with Crippen LogP contribution in [0.1, 0.15) is 52.7 Å². The van der Waals surface area contributed by atoms with Crippen molar-refractivity contribution in [2.45, 2.75) is 72.0 Å². The first-order valence-corrected chi connectivity index (χ1v) is 26.5. The topological polar surface area (TPSA) is 27.5 Å². The molecule has 0 N–H and O–H groups in total. The zero-order valence-electron chi connectivity index (χ0n) is 39.3. The summed E-state index contributed by atoms with van der Waals surface area (Å²) >= 11 is 0. The van der Waals surface area contributed by atoms with Crippen LogP contribution in [-0.2, 0) is 10.8 Å². The molecule has 324 valence electrons. The highest BCUT2D eigenvalue weighted by atomic mass is 28.3. The van der Waals surface area contributed by atoms with Gasteiger partial charge in [0.15, 0.2) is 0 Å². The summed E-state index contributed by atoms with van der Waals surface area (Å²) in [6.45, 7) is 21.7. The molecule has 9 aromatic rings. The van der Waals surface area contributed by atoms with E-state index in [1.807, 2.05) is 6.20 Å². The predicted molar refractivity (Wildman–Crippen MR) is 281 cm³/mol. The molecule has 0 aliphatic carbocycles. The molecule has 10 rings (SSSR count). The van der Waals surface area contributed by atoms with Gasteiger partial charge in [0.25, 0.3) is 0 Å². The van der Waals surface area contributed by atoms with Gasteiger partial charge in [0.2, 0.25) is 0 Å². The Hall–Kier alpha value is -6.89. The van der Waals surface area contributed by atoms with Crippen LogP contribution in [0.25, 0.3) is 38.8 Å². The maximum absolute atomic E-state index is 5.07. The Morgan fingerprint density at radius 1 is 0.477 bits per heavy atom. The fraction of sp³-hybridized carbons (Fsp3) is 0.203. The van der Waals surface area contributed by atoms with Crippen molar-refractivity contribution in [2.24, 2.45) is 0 Å². The Labute approximate surface area is 386 Å². The second-order valence-corrected chi connectivity index (χ2v) is 25.8. The lowest BCUT2D eigenvalue weighted by Gasteiger charge is -2.28. The molecular weight excluding hydrogens is 807 g/mol. The number of aromatic nitrogens is 2. The molecule has 0 spiro atoms. The van der Waals surface area contributed by atoms with Crippen LogP contribution in [0.3, 0.4) is 0 Å². The summed E-state index contributed by atoms with van der Waals surface area (Å²) in [5.74, 6) is 0.941. The van der Waals surface area contributed by atoms with Crippen molar-refractivity contribution < 1.29 is 0 Å². The lowest BCUT2D eigenvalue weighted by atomic mass is 9.85. The monoisotopic (exact) mass is 865 g/mol. The largest absolute Gasteiger partial charge is 0.321 e. The number of rotatable bonds is 8. The van der Waals surface area contributed by atoms with Crippen molar-refractivity contribution in [1.29, 1.82) is 0 Å². The van der Waals surface area contributed by atoms with Gasteiger partial charge in [0.05, 0.1) is 30.5 Å². The Kier molecular flexibility index (Phi) is 10.3. The summed E-state index contributed by atoms with van der Waals surface area (Å²) in [4.78, 5) is 12.4. The van der Waals surface area contributed by atoms with Crippen LogP contribution in [0.5, 0.6) is 0 Å². The molecule has 65 heavy (non-hydrogen) atoms. The third-order valence-corrected chi connectivity index (χ3v) is 15.1. The fourth-order valence-corrected chi connectivity index (χ4v) is 10.5. The van der Waals surface area contributed by atoms with Gasteiger partial charge in [-0.3, -0.25) is 4.57 Å². The van der Waals surface area contributed by atoms with Gasteiger partial charge in [-0.1, -0.05) is 157 Å². The molecule has 0 saturated heterocycles. The number of anilines is 7. The van der Waals surface area contributed by atoms with Crippen molar-refractivity contribution in [3.05, 3.63) is 193 Å². The van der Waals surface area contributed by atoms with Crippen LogP contribution < -0.4 is 19.9 Å². The molecule has 7 aromatic carbocycles. The maximum Gasteiger partial charge on any atom is 0.137 e. The summed E-state index contributed by atoms with van der Waals surface area (Å²) in [5, 5.41) is 3.89. The van der Waals surface area contributed by atoms with E-state index in [1.165, 1.54) is 60.8 Å². The van der Waals surface area contributed by atoms with Gasteiger partial charge in [-0.15, -0.1) is 0 Å². The highest BCUT2D eigenvalue weighted by molar-refractivity contribution is 6.88. The van der Waals surface area contributed by atoms with Gasteiger partial charge in [-0.25, -0.2) is 4.98 Å². The molecule has 1 aliphatic rings. The third-order valence-electron chi connectivity index (χ3n) is 13.1. The average Bonchev–Trinajstić information content (AvgIpc) is 3.85. The summed E-state index contributed by atoms with van der Waals surface area (Å²) < 4.78 is 2.40. The van der Waals surface area contributed by atoms with Crippen LogP contribution in [0.4, 0.5) is 39.8 Å². The van der Waals surface area contributed by atoms with E-state index in [2.05, 4.69) is 256 Å². The van der Waals surface area contributed by atoms with Gasteiger partial charge in [-0.05, 0) is 118 Å². The van der Waals surface area contributed by atoms with E-state index in [-0.39, 0.29) is 10.8 Å². The van der Waals surface area contributed by atoms with Crippen molar-refractivity contribution in [2.75, 3.05) is 21.4 Å². The normalized spacial score (nSPS) is 13.2. The molecule has 6 heteroatoms. The molecule has 0 radical (unpaired) electrons. The number of nitrogens with zero attached hydrogens (tertiary/aromatic N) is 5. The molecule has 2 aromatic heterocycles. The summed E-state index contributed by atoms with van der Waals surface area (Å²) in [6.07, 6.45) is 1.97. The van der Waals surface area contributed by atoms with E-state index in [4.69, 9.17) is 4.98 Å². The Morgan fingerprint density at radius 3 is 1.75 bits per heavy atom. The molecule has 0 bridgehead atoms. The van der Waals surface area contributed by atoms with Crippen LogP contribution in [-0.4, -0.2) is 24.3 Å². The summed E-state index contributed by atoms with van der Waals surface area (Å²) in [5.41, 5.74) is 15.3. The van der Waals surface area contributed by atoms with E-state index in [0.29, 0.717) is 6.67 Å². The van der Waals surface area contributed by atoms with Crippen molar-refractivity contribution >= 4 is 74.9 Å². The second kappa shape index (κ2) is 16.0. The van der Waals surface area contributed by atoms with Crippen LogP contribution in [0.2, 0.25) is 19.6 Å². The van der Waals surface area contributed by atoms with E-state index in [1.54, 1.807) is 0 Å². The zero-order valence-corrected chi connectivity index (χ0v) is 40.3. The van der Waals surface area contributed by atoms with E-state index in [0.717, 1.165) is 34.1 Å². The van der Waals surface area contributed by atoms with Crippen LogP contribution in [0.15, 0.2) is 182 Å². The highest BCUT2D eigenvalue weighted by Crippen LogP contribution is 2.47. The zero-order chi connectivity index (χ0) is 45.3. The number of benzene rings is 7. The number of hydrogen-bond donors (Lipinski definition) is 0. The minimum atomic E-state index is -1.62. The first-order chi connectivity index (χ1) is 31.1. The first-order valence-electron chi connectivity index (χ1n) is 23.0. The third kappa shape index (κ3) is 7.91. The molecule has 5 nitrogen and oxygen atoms in total. The number of hydrogen-bond acceptors (Lipinski definition) is 4. The van der Waals surface area contributed by atoms with E-state index in [9.17, 15) is 0 Å². The van der Waals surface area contributed by atoms with E-state index < -0.39 is 8.07 Å². The van der Waals surface area contributed by atoms with Crippen molar-refractivity contribution in [1.82, 2.24) is 9.55 Å². The molecule has 1 aliphatic heterocycles. The molecule has 0 unspecified atom stereocenters. The molecule has 3 heterocycles. The maximum atomic E-state index is 5.07. The Morgan fingerprint density at radius 2 is 1.08 bits per heavy atom. The number of fused-ring (bicyclic) bond motifs is 4.